The van der Waals surface area contributed by atoms with E-state index in [0.29, 0.717) is 0 Å². The molecule has 0 atom stereocenters. The van der Waals surface area contributed by atoms with Crippen LogP contribution in [0.5, 0.6) is 0 Å². The van der Waals surface area contributed by atoms with Crippen molar-refractivity contribution in [2.24, 2.45) is 0 Å². The van der Waals surface area contributed by atoms with Crippen LogP contribution in [0.25, 0.3) is 5.69 Å². The molecule has 0 aliphatic rings. The van der Waals surface area contributed by atoms with Crippen molar-refractivity contribution in [3.05, 3.63) is 42.2 Å². The Morgan fingerprint density at radius 2 is 1.71 bits per heavy atom. The lowest BCUT2D eigenvalue weighted by molar-refractivity contribution is 0.785. The van der Waals surface area contributed by atoms with E-state index in [-0.39, 0.29) is 0 Å². The lowest BCUT2D eigenvalue weighted by atomic mass is 10.3. The Morgan fingerprint density at radius 3 is 2.21 bits per heavy atom. The molecule has 0 saturated heterocycles. The monoisotopic (exact) mass is 189 g/mol. The van der Waals surface area contributed by atoms with Gasteiger partial charge in [0.05, 0.1) is 17.6 Å². The second kappa shape index (κ2) is 5.17. The number of nitrogens with zero attached hydrogens (tertiary/aromatic N) is 3. The molecule has 2 aromatic rings. The van der Waals surface area contributed by atoms with Crippen LogP contribution in [0.3, 0.4) is 0 Å². The van der Waals surface area contributed by atoms with Gasteiger partial charge < -0.3 is 0 Å². The van der Waals surface area contributed by atoms with E-state index in [4.69, 9.17) is 0 Å². The highest BCUT2D eigenvalue weighted by Crippen LogP contribution is 2.06. The summed E-state index contributed by atoms with van der Waals surface area (Å²) >= 11 is 0. The number of para-hydroxylation sites is 1. The van der Waals surface area contributed by atoms with E-state index in [2.05, 4.69) is 10.3 Å². The average molecular weight is 189 g/mol. The highest BCUT2D eigenvalue weighted by molar-refractivity contribution is 5.30. The van der Waals surface area contributed by atoms with Gasteiger partial charge in [0, 0.05) is 0 Å². The van der Waals surface area contributed by atoms with E-state index >= 15 is 0 Å². The highest BCUT2D eigenvalue weighted by atomic mass is 15.4. The van der Waals surface area contributed by atoms with Crippen LogP contribution in [0.15, 0.2) is 36.5 Å². The summed E-state index contributed by atoms with van der Waals surface area (Å²) in [5, 5.41) is 7.76. The maximum atomic E-state index is 3.95. The van der Waals surface area contributed by atoms with Crippen molar-refractivity contribution in [2.75, 3.05) is 0 Å². The van der Waals surface area contributed by atoms with Gasteiger partial charge in [0.1, 0.15) is 0 Å². The lowest BCUT2D eigenvalue weighted by Gasteiger charge is -2.00. The van der Waals surface area contributed by atoms with E-state index in [1.807, 2.05) is 51.1 Å². The molecule has 0 N–H and O–H groups in total. The van der Waals surface area contributed by atoms with E-state index in [1.165, 1.54) is 0 Å². The first-order valence-electron chi connectivity index (χ1n) is 4.80. The summed E-state index contributed by atoms with van der Waals surface area (Å²) in [7, 11) is 0. The average Bonchev–Trinajstić information content (AvgIpc) is 2.69. The molecule has 0 bridgehead atoms. The fourth-order valence-electron chi connectivity index (χ4n) is 1.11. The smallest absolute Gasteiger partial charge is 0.0726 e. The Morgan fingerprint density at radius 1 is 1.07 bits per heavy atom. The van der Waals surface area contributed by atoms with Crippen LogP contribution >= 0.6 is 0 Å². The largest absolute Gasteiger partial charge is 0.218 e. The van der Waals surface area contributed by atoms with Crippen molar-refractivity contribution in [1.82, 2.24) is 15.0 Å². The SMILES string of the molecule is CC.Cc1cnnn1-c1ccccc1. The van der Waals surface area contributed by atoms with Crippen molar-refractivity contribution in [3.63, 3.8) is 0 Å². The second-order valence-corrected chi connectivity index (χ2v) is 2.62. The van der Waals surface area contributed by atoms with Gasteiger partial charge in [0.15, 0.2) is 0 Å². The number of benzene rings is 1. The maximum Gasteiger partial charge on any atom is 0.0726 e. The van der Waals surface area contributed by atoms with Gasteiger partial charge in [-0.15, -0.1) is 5.10 Å². The van der Waals surface area contributed by atoms with E-state index in [0.717, 1.165) is 11.4 Å². The molecule has 14 heavy (non-hydrogen) atoms. The minimum absolute atomic E-state index is 1.04. The molecular weight excluding hydrogens is 174 g/mol. The van der Waals surface area contributed by atoms with Crippen LogP contribution in [0, 0.1) is 6.92 Å². The molecule has 1 aromatic heterocycles. The Hall–Kier alpha value is -1.64. The Labute approximate surface area is 84.4 Å². The first-order chi connectivity index (χ1) is 6.88. The van der Waals surface area contributed by atoms with Crippen LogP contribution in [0.4, 0.5) is 0 Å². The zero-order valence-electron chi connectivity index (χ0n) is 8.81. The minimum atomic E-state index is 1.04. The van der Waals surface area contributed by atoms with Crippen LogP contribution < -0.4 is 0 Å². The summed E-state index contributed by atoms with van der Waals surface area (Å²) in [6.07, 6.45) is 1.74. The molecule has 1 heterocycles. The van der Waals surface area contributed by atoms with Gasteiger partial charge in [-0.25, -0.2) is 4.68 Å². The van der Waals surface area contributed by atoms with Gasteiger partial charge >= 0.3 is 0 Å². The van der Waals surface area contributed by atoms with E-state index in [9.17, 15) is 0 Å². The van der Waals surface area contributed by atoms with Crippen molar-refractivity contribution >= 4 is 0 Å². The van der Waals surface area contributed by atoms with Crippen LogP contribution in [0.1, 0.15) is 19.5 Å². The van der Waals surface area contributed by atoms with Crippen LogP contribution in [-0.2, 0) is 0 Å². The zero-order valence-corrected chi connectivity index (χ0v) is 8.81. The van der Waals surface area contributed by atoms with Gasteiger partial charge in [-0.05, 0) is 19.1 Å². The summed E-state index contributed by atoms with van der Waals surface area (Å²) in [6.45, 7) is 5.98. The number of aromatic nitrogens is 3. The maximum absolute atomic E-state index is 3.95. The van der Waals surface area contributed by atoms with E-state index in [1.54, 1.807) is 10.9 Å². The lowest BCUT2D eigenvalue weighted by Crippen LogP contribution is -1.97. The van der Waals surface area contributed by atoms with E-state index < -0.39 is 0 Å². The fraction of sp³-hybridized carbons (Fsp3) is 0.273. The number of hydrogen-bond donors (Lipinski definition) is 0. The molecular formula is C11H15N3. The predicted molar refractivity (Wildman–Crippen MR) is 57.4 cm³/mol. The summed E-state index contributed by atoms with van der Waals surface area (Å²) in [5.41, 5.74) is 2.09. The summed E-state index contributed by atoms with van der Waals surface area (Å²) in [5.74, 6) is 0. The van der Waals surface area contributed by atoms with Gasteiger partial charge in [-0.1, -0.05) is 37.3 Å². The molecule has 0 aliphatic carbocycles. The third-order valence-electron chi connectivity index (χ3n) is 1.72. The van der Waals surface area contributed by atoms with Crippen molar-refractivity contribution in [1.29, 1.82) is 0 Å². The molecule has 0 radical (unpaired) electrons. The van der Waals surface area contributed by atoms with Gasteiger partial charge in [-0.3, -0.25) is 0 Å². The quantitative estimate of drug-likeness (QED) is 0.690. The Kier molecular flexibility index (Phi) is 3.85. The van der Waals surface area contributed by atoms with Crippen molar-refractivity contribution in [2.45, 2.75) is 20.8 Å². The van der Waals surface area contributed by atoms with Gasteiger partial charge in [0.25, 0.3) is 0 Å². The second-order valence-electron chi connectivity index (χ2n) is 2.62. The summed E-state index contributed by atoms with van der Waals surface area (Å²) in [4.78, 5) is 0. The first-order valence-corrected chi connectivity index (χ1v) is 4.80. The first kappa shape index (κ1) is 10.4. The van der Waals surface area contributed by atoms with Gasteiger partial charge in [0.2, 0.25) is 0 Å². The molecule has 0 fully saturated rings. The fourth-order valence-corrected chi connectivity index (χ4v) is 1.11. The van der Waals surface area contributed by atoms with Crippen molar-refractivity contribution < 1.29 is 0 Å². The molecule has 74 valence electrons. The summed E-state index contributed by atoms with van der Waals surface area (Å²) < 4.78 is 1.81. The number of hydrogen-bond acceptors (Lipinski definition) is 2. The molecule has 0 amide bonds. The topological polar surface area (TPSA) is 30.7 Å². The minimum Gasteiger partial charge on any atom is -0.218 e. The molecule has 3 heteroatoms. The normalized spacial score (nSPS) is 9.07. The molecule has 1 aromatic carbocycles. The molecule has 0 spiro atoms. The van der Waals surface area contributed by atoms with Gasteiger partial charge in [-0.2, -0.15) is 0 Å². The van der Waals surface area contributed by atoms with Crippen LogP contribution in [-0.4, -0.2) is 15.0 Å². The molecule has 2 rings (SSSR count). The molecule has 0 saturated carbocycles. The molecule has 3 nitrogen and oxygen atoms in total. The van der Waals surface area contributed by atoms with Crippen LogP contribution in [0.2, 0.25) is 0 Å². The number of aryl methyl sites for hydroxylation is 1. The highest BCUT2D eigenvalue weighted by Gasteiger charge is 1.98. The third-order valence-corrected chi connectivity index (χ3v) is 1.72. The number of rotatable bonds is 1. The summed E-state index contributed by atoms with van der Waals surface area (Å²) in [6, 6.07) is 9.95. The molecule has 0 aliphatic heterocycles. The Bertz CT molecular complexity index is 365. The van der Waals surface area contributed by atoms with Crippen molar-refractivity contribution in [3.8, 4) is 5.69 Å². The Balaban J connectivity index is 0.000000461. The predicted octanol–water partition coefficient (Wildman–Crippen LogP) is 2.60. The standard InChI is InChI=1S/C9H9N3.C2H6/c1-8-7-10-11-12(8)9-5-3-2-4-6-9;1-2/h2-7H,1H3;1-2H3. The molecule has 0 unspecified atom stereocenters. The zero-order chi connectivity index (χ0) is 10.4. The third kappa shape index (κ3) is 2.19.